The molecule has 0 bridgehead atoms. The second kappa shape index (κ2) is 5.13. The monoisotopic (exact) mass is 285 g/mol. The molecule has 0 aliphatic heterocycles. The van der Waals surface area contributed by atoms with E-state index in [-0.39, 0.29) is 16.6 Å². The fraction of sp³-hybridized carbons (Fsp3) is 0.571. The van der Waals surface area contributed by atoms with E-state index in [9.17, 15) is 9.32 Å². The van der Waals surface area contributed by atoms with Crippen LogP contribution in [0.4, 0.5) is 5.69 Å². The average Bonchev–Trinajstić information content (AvgIpc) is 2.16. The van der Waals surface area contributed by atoms with Crippen LogP contribution in [-0.4, -0.2) is 13.9 Å². The van der Waals surface area contributed by atoms with Crippen LogP contribution in [0.15, 0.2) is 12.1 Å². The van der Waals surface area contributed by atoms with Gasteiger partial charge in [0.25, 0.3) is 11.3 Å². The van der Waals surface area contributed by atoms with E-state index in [0.717, 1.165) is 11.1 Å². The smallest absolute Gasteiger partial charge is 0.259 e. The topological polar surface area (TPSA) is 69.6 Å². The summed E-state index contributed by atoms with van der Waals surface area (Å²) in [5.41, 5.74) is 1.55. The highest BCUT2D eigenvalue weighted by Crippen LogP contribution is 2.40. The Kier molecular flexibility index (Phi) is 4.32. The maximum atomic E-state index is 10.9. The molecule has 1 rings (SSSR count). The lowest BCUT2D eigenvalue weighted by Gasteiger charge is -2.28. The Hall–Kier alpha value is -1.07. The summed E-state index contributed by atoms with van der Waals surface area (Å²) >= 11 is -2.12. The van der Waals surface area contributed by atoms with Crippen molar-refractivity contribution < 1.29 is 13.9 Å². The molecule has 0 aromatic heterocycles. The zero-order valence-corrected chi connectivity index (χ0v) is 13.2. The van der Waals surface area contributed by atoms with Crippen molar-refractivity contribution in [1.29, 1.82) is 0 Å². The fourth-order valence-corrected chi connectivity index (χ4v) is 2.26. The quantitative estimate of drug-likeness (QED) is 0.575. The first-order valence-corrected chi connectivity index (χ1v) is 7.29. The van der Waals surface area contributed by atoms with Crippen LogP contribution in [0, 0.1) is 0 Å². The highest BCUT2D eigenvalue weighted by atomic mass is 32.2. The highest BCUT2D eigenvalue weighted by molar-refractivity contribution is 7.80. The van der Waals surface area contributed by atoms with Crippen LogP contribution in [0.5, 0.6) is 5.75 Å². The van der Waals surface area contributed by atoms with Crippen molar-refractivity contribution in [2.45, 2.75) is 52.4 Å². The van der Waals surface area contributed by atoms with Crippen molar-refractivity contribution in [2.75, 3.05) is 4.72 Å². The summed E-state index contributed by atoms with van der Waals surface area (Å²) in [5.74, 6) is 0.259. The molecule has 108 valence electrons. The number of nitrogens with one attached hydrogen (secondary N) is 1. The summed E-state index contributed by atoms with van der Waals surface area (Å²) in [7, 11) is 0. The molecule has 0 amide bonds. The van der Waals surface area contributed by atoms with Crippen LogP contribution >= 0.6 is 0 Å². The van der Waals surface area contributed by atoms with Gasteiger partial charge >= 0.3 is 0 Å². The van der Waals surface area contributed by atoms with Gasteiger partial charge in [-0.2, -0.15) is 0 Å². The minimum Gasteiger partial charge on any atom is -0.507 e. The molecule has 4 nitrogen and oxygen atoms in total. The van der Waals surface area contributed by atoms with Crippen molar-refractivity contribution in [2.24, 2.45) is 0 Å². The van der Waals surface area contributed by atoms with Gasteiger partial charge in [0, 0.05) is 16.8 Å². The molecule has 0 saturated carbocycles. The van der Waals surface area contributed by atoms with Crippen LogP contribution in [0.2, 0.25) is 0 Å². The van der Waals surface area contributed by atoms with Crippen LogP contribution in [0.1, 0.15) is 52.7 Å². The zero-order valence-electron chi connectivity index (χ0n) is 12.4. The molecule has 0 aliphatic rings. The predicted octanol–water partition coefficient (Wildman–Crippen LogP) is 3.54. The first kappa shape index (κ1) is 16.0. The van der Waals surface area contributed by atoms with E-state index in [2.05, 4.69) is 4.72 Å². The molecule has 0 aliphatic carbocycles. The van der Waals surface area contributed by atoms with Crippen molar-refractivity contribution >= 4 is 17.0 Å². The van der Waals surface area contributed by atoms with E-state index in [4.69, 9.17) is 4.55 Å². The predicted molar refractivity (Wildman–Crippen MR) is 79.9 cm³/mol. The van der Waals surface area contributed by atoms with Crippen molar-refractivity contribution in [3.8, 4) is 5.75 Å². The number of anilines is 1. The Morgan fingerprint density at radius 1 is 1.00 bits per heavy atom. The second-order valence-corrected chi connectivity index (χ2v) is 7.47. The number of hydrogen-bond acceptors (Lipinski definition) is 2. The fourth-order valence-electron chi connectivity index (χ4n) is 1.94. The zero-order chi connectivity index (χ0) is 15.0. The summed E-state index contributed by atoms with van der Waals surface area (Å²) in [4.78, 5) is 0. The van der Waals surface area contributed by atoms with Crippen molar-refractivity contribution in [1.82, 2.24) is 0 Å². The summed E-state index contributed by atoms with van der Waals surface area (Å²) in [5, 5.41) is 10.5. The molecule has 0 radical (unpaired) electrons. The van der Waals surface area contributed by atoms with E-state index in [1.54, 1.807) is 12.1 Å². The molecule has 1 aromatic carbocycles. The standard InChI is InChI=1S/C14H23NO3S/c1-13(2,3)10-7-9(15-19(17)18)8-11(12(10)16)14(4,5)6/h7-8,15-16H,1-6H3,(H,17,18). The molecule has 0 saturated heterocycles. The molecule has 0 fully saturated rings. The van der Waals surface area contributed by atoms with Crippen LogP contribution < -0.4 is 4.72 Å². The molecular weight excluding hydrogens is 262 g/mol. The first-order valence-electron chi connectivity index (χ1n) is 6.18. The van der Waals surface area contributed by atoms with Gasteiger partial charge in [0.05, 0.1) is 0 Å². The lowest BCUT2D eigenvalue weighted by Crippen LogP contribution is -2.18. The van der Waals surface area contributed by atoms with Crippen LogP contribution in [0.25, 0.3) is 0 Å². The van der Waals surface area contributed by atoms with Gasteiger partial charge in [-0.1, -0.05) is 41.5 Å². The summed E-state index contributed by atoms with van der Waals surface area (Å²) in [6, 6.07) is 3.44. The molecular formula is C14H23NO3S. The van der Waals surface area contributed by atoms with Gasteiger partial charge in [-0.25, -0.2) is 4.21 Å². The van der Waals surface area contributed by atoms with Gasteiger partial charge in [0.2, 0.25) is 0 Å². The van der Waals surface area contributed by atoms with E-state index in [0.29, 0.717) is 5.69 Å². The third-order valence-electron chi connectivity index (χ3n) is 2.93. The molecule has 0 spiro atoms. The van der Waals surface area contributed by atoms with E-state index in [1.807, 2.05) is 41.5 Å². The van der Waals surface area contributed by atoms with E-state index in [1.165, 1.54) is 0 Å². The number of rotatable bonds is 2. The SMILES string of the molecule is CC(C)(C)c1cc(NS(=O)O)cc(C(C)(C)C)c1O. The number of phenols is 1. The van der Waals surface area contributed by atoms with Crippen LogP contribution in [0.3, 0.4) is 0 Å². The summed E-state index contributed by atoms with van der Waals surface area (Å²) in [6.45, 7) is 12.0. The maximum Gasteiger partial charge on any atom is 0.259 e. The third kappa shape index (κ3) is 3.94. The lowest BCUT2D eigenvalue weighted by atomic mass is 9.79. The molecule has 5 heteroatoms. The van der Waals surface area contributed by atoms with Gasteiger partial charge in [-0.05, 0) is 23.0 Å². The molecule has 1 unspecified atom stereocenters. The maximum absolute atomic E-state index is 10.9. The molecule has 3 N–H and O–H groups in total. The number of hydrogen-bond donors (Lipinski definition) is 3. The Morgan fingerprint density at radius 2 is 1.37 bits per heavy atom. The second-order valence-electron chi connectivity index (χ2n) is 6.77. The van der Waals surface area contributed by atoms with E-state index >= 15 is 0 Å². The largest absolute Gasteiger partial charge is 0.507 e. The number of benzene rings is 1. The number of aromatic hydroxyl groups is 1. The Labute approximate surface area is 117 Å². The molecule has 1 atom stereocenters. The first-order chi connectivity index (χ1) is 8.43. The van der Waals surface area contributed by atoms with Crippen LogP contribution in [-0.2, 0) is 22.1 Å². The Balaban J connectivity index is 3.52. The normalized spacial score (nSPS) is 14.3. The molecule has 0 heterocycles. The minimum atomic E-state index is -2.12. The van der Waals surface area contributed by atoms with Gasteiger partial charge in [-0.3, -0.25) is 9.27 Å². The highest BCUT2D eigenvalue weighted by Gasteiger charge is 2.26. The van der Waals surface area contributed by atoms with Gasteiger partial charge in [0.1, 0.15) is 5.75 Å². The Bertz CT molecular complexity index is 463. The van der Waals surface area contributed by atoms with E-state index < -0.39 is 11.3 Å². The van der Waals surface area contributed by atoms with Gasteiger partial charge in [0.15, 0.2) is 0 Å². The lowest BCUT2D eigenvalue weighted by molar-refractivity contribution is 0.423. The van der Waals surface area contributed by atoms with Gasteiger partial charge < -0.3 is 5.11 Å². The average molecular weight is 285 g/mol. The number of phenolic OH excluding ortho intramolecular Hbond substituents is 1. The summed E-state index contributed by atoms with van der Waals surface area (Å²) in [6.07, 6.45) is 0. The van der Waals surface area contributed by atoms with Crippen molar-refractivity contribution in [3.63, 3.8) is 0 Å². The molecule has 1 aromatic rings. The summed E-state index contributed by atoms with van der Waals surface area (Å²) < 4.78 is 22.3. The Morgan fingerprint density at radius 3 is 1.63 bits per heavy atom. The van der Waals surface area contributed by atoms with Crippen molar-refractivity contribution in [3.05, 3.63) is 23.3 Å². The molecule has 19 heavy (non-hydrogen) atoms. The van der Waals surface area contributed by atoms with Gasteiger partial charge in [-0.15, -0.1) is 0 Å². The minimum absolute atomic E-state index is 0.251. The third-order valence-corrected chi connectivity index (χ3v) is 3.34.